The average Bonchev–Trinajstić information content (AvgIpc) is 3.19. The van der Waals surface area contributed by atoms with E-state index in [0.717, 1.165) is 11.3 Å². The molecule has 3 N–H and O–H groups in total. The number of hydrogen-bond acceptors (Lipinski definition) is 7. The second kappa shape index (κ2) is 11.6. The topological polar surface area (TPSA) is 124 Å². The highest BCUT2D eigenvalue weighted by Gasteiger charge is 2.18. The molecule has 0 unspecified atom stereocenters. The molecule has 9 nitrogen and oxygen atoms in total. The highest BCUT2D eigenvalue weighted by atomic mass is 16.5. The van der Waals surface area contributed by atoms with Gasteiger partial charge in [0.25, 0.3) is 0 Å². The third-order valence-corrected chi connectivity index (χ3v) is 5.43. The number of nitrogens with two attached hydrogens (primary N) is 1. The van der Waals surface area contributed by atoms with Crippen molar-refractivity contribution in [1.82, 2.24) is 15.1 Å². The van der Waals surface area contributed by atoms with Gasteiger partial charge >= 0.3 is 0 Å². The Labute approximate surface area is 199 Å². The molecule has 0 radical (unpaired) electrons. The molecular weight excluding hydrogens is 434 g/mol. The second-order valence-corrected chi connectivity index (χ2v) is 7.51. The molecule has 3 aromatic rings. The van der Waals surface area contributed by atoms with Gasteiger partial charge in [-0.1, -0.05) is 24.3 Å². The predicted octanol–water partition coefficient (Wildman–Crippen LogP) is 3.03. The van der Waals surface area contributed by atoms with Crippen LogP contribution in [0.15, 0.2) is 42.5 Å². The van der Waals surface area contributed by atoms with Crippen molar-refractivity contribution < 1.29 is 19.0 Å². The van der Waals surface area contributed by atoms with Crippen molar-refractivity contribution in [3.8, 4) is 29.0 Å². The Balaban J connectivity index is 1.54. The molecule has 34 heavy (non-hydrogen) atoms. The third-order valence-electron chi connectivity index (χ3n) is 5.43. The second-order valence-electron chi connectivity index (χ2n) is 7.51. The summed E-state index contributed by atoms with van der Waals surface area (Å²) in [6.07, 6.45) is 1.94. The van der Waals surface area contributed by atoms with E-state index < -0.39 is 0 Å². The Morgan fingerprint density at radius 1 is 1.06 bits per heavy atom. The number of nitrogen functional groups attached to an aromatic ring is 1. The highest BCUT2D eigenvalue weighted by molar-refractivity contribution is 5.76. The fourth-order valence-corrected chi connectivity index (χ4v) is 3.72. The van der Waals surface area contributed by atoms with Gasteiger partial charge in [-0.05, 0) is 43.0 Å². The van der Waals surface area contributed by atoms with Crippen LogP contribution in [0, 0.1) is 11.3 Å². The van der Waals surface area contributed by atoms with Crippen molar-refractivity contribution >= 4 is 11.7 Å². The Morgan fingerprint density at radius 3 is 2.44 bits per heavy atom. The minimum Gasteiger partial charge on any atom is -0.493 e. The van der Waals surface area contributed by atoms with Crippen LogP contribution in [0.25, 0.3) is 5.69 Å². The lowest BCUT2D eigenvalue weighted by molar-refractivity contribution is -0.121. The first-order valence-electron chi connectivity index (χ1n) is 10.9. The Morgan fingerprint density at radius 2 is 1.79 bits per heavy atom. The maximum atomic E-state index is 12.4. The molecular formula is C25H29N5O4. The number of carbonyl (C=O) groups is 1. The zero-order valence-electron chi connectivity index (χ0n) is 19.6. The third kappa shape index (κ3) is 5.41. The number of carbonyl (C=O) groups excluding carboxylic acids is 1. The summed E-state index contributed by atoms with van der Waals surface area (Å²) in [5, 5.41) is 16.9. The molecule has 0 atom stereocenters. The van der Waals surface area contributed by atoms with Crippen molar-refractivity contribution in [2.45, 2.75) is 25.7 Å². The maximum absolute atomic E-state index is 12.4. The summed E-state index contributed by atoms with van der Waals surface area (Å²) in [6.45, 7) is 0.463. The Bertz CT molecular complexity index is 1170. The number of rotatable bonds is 11. The molecule has 2 aromatic carbocycles. The smallest absolute Gasteiger partial charge is 0.220 e. The van der Waals surface area contributed by atoms with Gasteiger partial charge in [0.2, 0.25) is 11.7 Å². The van der Waals surface area contributed by atoms with Gasteiger partial charge in [-0.15, -0.1) is 0 Å². The van der Waals surface area contributed by atoms with Gasteiger partial charge < -0.3 is 25.3 Å². The zero-order valence-corrected chi connectivity index (χ0v) is 19.6. The molecule has 3 rings (SSSR count). The molecule has 9 heteroatoms. The van der Waals surface area contributed by atoms with Gasteiger partial charge in [-0.2, -0.15) is 10.4 Å². The standard InChI is InChI=1S/C25H29N5O4/c1-32-21-13-11-17(23(33-2)24(21)34-3)12-14-22(31)28-15-7-10-20-19(16-26)25(27)30(29-20)18-8-5-4-6-9-18/h4-6,8-9,11,13H,7,10,12,14-15,27H2,1-3H3,(H,28,31). The van der Waals surface area contributed by atoms with E-state index >= 15 is 0 Å². The van der Waals surface area contributed by atoms with Crippen LogP contribution in [0.5, 0.6) is 17.2 Å². The summed E-state index contributed by atoms with van der Waals surface area (Å²) in [6, 6.07) is 15.2. The summed E-state index contributed by atoms with van der Waals surface area (Å²) in [5.74, 6) is 1.87. The monoisotopic (exact) mass is 463 g/mol. The van der Waals surface area contributed by atoms with Crippen LogP contribution in [-0.4, -0.2) is 43.6 Å². The summed E-state index contributed by atoms with van der Waals surface area (Å²) in [7, 11) is 4.66. The fourth-order valence-electron chi connectivity index (χ4n) is 3.72. The molecule has 0 aliphatic carbocycles. The SMILES string of the molecule is COc1ccc(CCC(=O)NCCCc2nn(-c3ccccc3)c(N)c2C#N)c(OC)c1OC. The van der Waals surface area contributed by atoms with E-state index in [2.05, 4.69) is 16.5 Å². The molecule has 0 saturated carbocycles. The van der Waals surface area contributed by atoms with Crippen molar-refractivity contribution in [3.63, 3.8) is 0 Å². The summed E-state index contributed by atoms with van der Waals surface area (Å²) in [4.78, 5) is 12.4. The number of aryl methyl sites for hydroxylation is 2. The first kappa shape index (κ1) is 24.5. The van der Waals surface area contributed by atoms with Crippen molar-refractivity contribution in [2.24, 2.45) is 0 Å². The van der Waals surface area contributed by atoms with Gasteiger partial charge in [-0.3, -0.25) is 4.79 Å². The van der Waals surface area contributed by atoms with Crippen LogP contribution < -0.4 is 25.3 Å². The van der Waals surface area contributed by atoms with Crippen LogP contribution in [0.4, 0.5) is 5.82 Å². The van der Waals surface area contributed by atoms with E-state index in [4.69, 9.17) is 19.9 Å². The van der Waals surface area contributed by atoms with E-state index in [9.17, 15) is 10.1 Å². The Kier molecular flexibility index (Phi) is 8.35. The van der Waals surface area contributed by atoms with E-state index in [0.29, 0.717) is 66.6 Å². The summed E-state index contributed by atoms with van der Waals surface area (Å²) in [5.41, 5.74) is 8.78. The van der Waals surface area contributed by atoms with Crippen molar-refractivity contribution in [2.75, 3.05) is 33.6 Å². The normalized spacial score (nSPS) is 10.4. The molecule has 0 aliphatic heterocycles. The minimum atomic E-state index is -0.0772. The number of aromatic nitrogens is 2. The molecule has 0 spiro atoms. The van der Waals surface area contributed by atoms with Crippen molar-refractivity contribution in [1.29, 1.82) is 5.26 Å². The number of nitrogens with one attached hydrogen (secondary N) is 1. The van der Waals surface area contributed by atoms with Gasteiger partial charge in [-0.25, -0.2) is 4.68 Å². The average molecular weight is 464 g/mol. The largest absolute Gasteiger partial charge is 0.493 e. The molecule has 0 saturated heterocycles. The van der Waals surface area contributed by atoms with Gasteiger partial charge in [0.05, 0.1) is 32.7 Å². The van der Waals surface area contributed by atoms with Crippen LogP contribution in [-0.2, 0) is 17.6 Å². The first-order chi connectivity index (χ1) is 16.5. The summed E-state index contributed by atoms with van der Waals surface area (Å²) >= 11 is 0. The van der Waals surface area contributed by atoms with Crippen molar-refractivity contribution in [3.05, 3.63) is 59.3 Å². The van der Waals surface area contributed by atoms with Gasteiger partial charge in [0.15, 0.2) is 11.5 Å². The maximum Gasteiger partial charge on any atom is 0.220 e. The Hall–Kier alpha value is -4.19. The van der Waals surface area contributed by atoms with E-state index in [-0.39, 0.29) is 5.91 Å². The minimum absolute atomic E-state index is 0.0772. The number of nitriles is 1. The molecule has 1 aromatic heterocycles. The zero-order chi connectivity index (χ0) is 24.5. The van der Waals surface area contributed by atoms with Crippen LogP contribution in [0.1, 0.15) is 29.7 Å². The summed E-state index contributed by atoms with van der Waals surface area (Å²) < 4.78 is 17.7. The number of methoxy groups -OCH3 is 3. The van der Waals surface area contributed by atoms with Gasteiger partial charge in [0.1, 0.15) is 17.5 Å². The lowest BCUT2D eigenvalue weighted by Gasteiger charge is -2.15. The molecule has 1 amide bonds. The van der Waals surface area contributed by atoms with Crippen LogP contribution >= 0.6 is 0 Å². The van der Waals surface area contributed by atoms with E-state index in [1.54, 1.807) is 32.1 Å². The lowest BCUT2D eigenvalue weighted by Crippen LogP contribution is -2.25. The molecule has 0 aliphatic rings. The number of ether oxygens (including phenoxy) is 3. The van der Waals surface area contributed by atoms with Crippen LogP contribution in [0.3, 0.4) is 0 Å². The number of para-hydroxylation sites is 1. The number of amides is 1. The lowest BCUT2D eigenvalue weighted by atomic mass is 10.1. The van der Waals surface area contributed by atoms with Gasteiger partial charge in [0, 0.05) is 13.0 Å². The highest BCUT2D eigenvalue weighted by Crippen LogP contribution is 2.40. The number of anilines is 1. The quantitative estimate of drug-likeness (QED) is 0.419. The molecule has 0 fully saturated rings. The van der Waals surface area contributed by atoms with Crippen LogP contribution in [0.2, 0.25) is 0 Å². The van der Waals surface area contributed by atoms with E-state index in [1.807, 2.05) is 36.4 Å². The number of benzene rings is 2. The predicted molar refractivity (Wildman–Crippen MR) is 128 cm³/mol. The fraction of sp³-hybridized carbons (Fsp3) is 0.320. The number of hydrogen-bond donors (Lipinski definition) is 2. The first-order valence-corrected chi connectivity index (χ1v) is 10.9. The molecule has 0 bridgehead atoms. The van der Waals surface area contributed by atoms with E-state index in [1.165, 1.54) is 0 Å². The molecule has 1 heterocycles. The number of nitrogens with zero attached hydrogens (tertiary/aromatic N) is 3. The molecule has 178 valence electrons.